The van der Waals surface area contributed by atoms with E-state index >= 15 is 0 Å². The van der Waals surface area contributed by atoms with Crippen molar-refractivity contribution in [2.75, 3.05) is 31.2 Å². The number of aryl methyl sites for hydroxylation is 2. The minimum absolute atomic E-state index is 0.692. The van der Waals surface area contributed by atoms with Crippen LogP contribution in [0.5, 0.6) is 0 Å². The fourth-order valence-corrected chi connectivity index (χ4v) is 4.49. The van der Waals surface area contributed by atoms with Crippen LogP contribution in [0, 0.1) is 13.8 Å². The number of fused-ring (bicyclic) bond motifs is 1. The first-order valence-corrected chi connectivity index (χ1v) is 10.8. The first-order chi connectivity index (χ1) is 14.7. The summed E-state index contributed by atoms with van der Waals surface area (Å²) in [4.78, 5) is 2.22. The molecule has 1 aliphatic rings. The van der Waals surface area contributed by atoms with Crippen molar-refractivity contribution in [3.63, 3.8) is 0 Å². The van der Waals surface area contributed by atoms with Crippen molar-refractivity contribution in [3.8, 4) is 5.69 Å². The summed E-state index contributed by atoms with van der Waals surface area (Å²) in [5.74, 6) is 0.828. The molecule has 8 heteroatoms. The van der Waals surface area contributed by atoms with E-state index in [1.807, 2.05) is 19.1 Å². The van der Waals surface area contributed by atoms with Crippen molar-refractivity contribution in [1.29, 1.82) is 0 Å². The fourth-order valence-electron chi connectivity index (χ4n) is 3.59. The van der Waals surface area contributed by atoms with E-state index < -0.39 is 0 Å². The van der Waals surface area contributed by atoms with E-state index in [4.69, 9.17) is 4.74 Å². The lowest BCUT2D eigenvalue weighted by atomic mass is 10.1. The second-order valence-corrected chi connectivity index (χ2v) is 8.25. The van der Waals surface area contributed by atoms with Gasteiger partial charge in [-0.2, -0.15) is 5.10 Å². The molecule has 152 valence electrons. The maximum absolute atomic E-state index is 5.52. The number of morpholine rings is 1. The highest BCUT2D eigenvalue weighted by atomic mass is 32.2. The zero-order valence-electron chi connectivity index (χ0n) is 16.9. The molecule has 1 saturated heterocycles. The molecule has 0 atom stereocenters. The number of nitrogens with zero attached hydrogens (tertiary/aromatic N) is 6. The Labute approximate surface area is 179 Å². The van der Waals surface area contributed by atoms with Crippen molar-refractivity contribution in [1.82, 2.24) is 25.0 Å². The van der Waals surface area contributed by atoms with Crippen LogP contribution in [0.15, 0.2) is 58.7 Å². The lowest BCUT2D eigenvalue weighted by molar-refractivity contribution is 0.122. The Morgan fingerprint density at radius 2 is 1.57 bits per heavy atom. The Balaban J connectivity index is 1.61. The van der Waals surface area contributed by atoms with Crippen LogP contribution in [0.1, 0.15) is 11.3 Å². The first kappa shape index (κ1) is 19.0. The molecule has 0 spiro atoms. The molecule has 30 heavy (non-hydrogen) atoms. The fraction of sp³-hybridized carbons (Fsp3) is 0.273. The van der Waals surface area contributed by atoms with Crippen LogP contribution >= 0.6 is 11.8 Å². The van der Waals surface area contributed by atoms with Crippen LogP contribution in [0.2, 0.25) is 0 Å². The predicted molar refractivity (Wildman–Crippen MR) is 118 cm³/mol. The predicted octanol–water partition coefficient (Wildman–Crippen LogP) is 3.82. The Bertz CT molecular complexity index is 1180. The van der Waals surface area contributed by atoms with Gasteiger partial charge in [0.2, 0.25) is 11.1 Å². The summed E-state index contributed by atoms with van der Waals surface area (Å²) in [7, 11) is 0. The van der Waals surface area contributed by atoms with Gasteiger partial charge in [-0.1, -0.05) is 42.0 Å². The van der Waals surface area contributed by atoms with Gasteiger partial charge >= 0.3 is 0 Å². The summed E-state index contributed by atoms with van der Waals surface area (Å²) >= 11 is 1.49. The molecular weight excluding hydrogens is 396 g/mol. The minimum atomic E-state index is 0.692. The third-order valence-corrected chi connectivity index (χ3v) is 6.17. The van der Waals surface area contributed by atoms with E-state index in [9.17, 15) is 0 Å². The molecule has 7 nitrogen and oxygen atoms in total. The van der Waals surface area contributed by atoms with Gasteiger partial charge in [0.05, 0.1) is 24.6 Å². The number of ether oxygens (including phenoxy) is 1. The van der Waals surface area contributed by atoms with E-state index in [1.54, 1.807) is 0 Å². The Hall–Kier alpha value is -2.97. The van der Waals surface area contributed by atoms with Crippen LogP contribution in [-0.2, 0) is 4.74 Å². The van der Waals surface area contributed by atoms with Crippen LogP contribution in [0.3, 0.4) is 0 Å². The molecule has 2 aromatic carbocycles. The topological polar surface area (TPSA) is 69.0 Å². The summed E-state index contributed by atoms with van der Waals surface area (Å²) in [5.41, 5.74) is 3.16. The van der Waals surface area contributed by atoms with Gasteiger partial charge < -0.3 is 9.64 Å². The summed E-state index contributed by atoms with van der Waals surface area (Å²) < 4.78 is 7.62. The molecule has 4 aromatic rings. The number of anilines is 1. The zero-order chi connectivity index (χ0) is 20.5. The molecule has 0 N–H and O–H groups in total. The van der Waals surface area contributed by atoms with Crippen LogP contribution < -0.4 is 4.90 Å². The van der Waals surface area contributed by atoms with Crippen molar-refractivity contribution in [2.24, 2.45) is 0 Å². The molecule has 1 fully saturated rings. The lowest BCUT2D eigenvalue weighted by Crippen LogP contribution is -2.37. The second kappa shape index (κ2) is 8.04. The number of benzene rings is 2. The van der Waals surface area contributed by atoms with E-state index in [1.165, 1.54) is 17.3 Å². The highest BCUT2D eigenvalue weighted by Gasteiger charge is 2.23. The zero-order valence-corrected chi connectivity index (χ0v) is 17.8. The van der Waals surface area contributed by atoms with E-state index in [-0.39, 0.29) is 0 Å². The number of hydrogen-bond donors (Lipinski definition) is 0. The standard InChI is InChI=1S/C22H22N6OS/c1-15-7-9-17(10-8-15)28-21(27-11-13-29-14-12-27)25-26-22(28)30-20-19-6-4-3-5-18(19)16(2)23-24-20/h3-10H,11-14H2,1-2H3. The van der Waals surface area contributed by atoms with Crippen LogP contribution in [0.25, 0.3) is 16.5 Å². The smallest absolute Gasteiger partial charge is 0.232 e. The second-order valence-electron chi connectivity index (χ2n) is 7.29. The third-order valence-electron chi connectivity index (χ3n) is 5.23. The molecule has 0 radical (unpaired) electrons. The molecule has 0 aliphatic carbocycles. The molecule has 3 heterocycles. The summed E-state index contributed by atoms with van der Waals surface area (Å²) in [5, 5.41) is 21.7. The van der Waals surface area contributed by atoms with Gasteiger partial charge in [-0.15, -0.1) is 15.3 Å². The maximum atomic E-state index is 5.52. The summed E-state index contributed by atoms with van der Waals surface area (Å²) in [6.07, 6.45) is 0. The quantitative estimate of drug-likeness (QED) is 0.499. The highest BCUT2D eigenvalue weighted by molar-refractivity contribution is 7.99. The highest BCUT2D eigenvalue weighted by Crippen LogP contribution is 2.34. The van der Waals surface area contributed by atoms with Gasteiger partial charge in [-0.3, -0.25) is 4.57 Å². The van der Waals surface area contributed by atoms with Crippen molar-refractivity contribution >= 4 is 28.5 Å². The number of rotatable bonds is 4. The van der Waals surface area contributed by atoms with Gasteiger partial charge in [0, 0.05) is 23.9 Å². The summed E-state index contributed by atoms with van der Waals surface area (Å²) in [6, 6.07) is 16.6. The SMILES string of the molecule is Cc1ccc(-n2c(Sc3nnc(C)c4ccccc34)nnc2N2CCOCC2)cc1. The minimum Gasteiger partial charge on any atom is -0.378 e. The van der Waals surface area contributed by atoms with Crippen LogP contribution in [0.4, 0.5) is 5.95 Å². The van der Waals surface area contributed by atoms with E-state index in [2.05, 4.69) is 73.2 Å². The van der Waals surface area contributed by atoms with Crippen molar-refractivity contribution < 1.29 is 4.74 Å². The molecule has 0 saturated carbocycles. The van der Waals surface area contributed by atoms with Gasteiger partial charge in [0.1, 0.15) is 5.03 Å². The van der Waals surface area contributed by atoms with Gasteiger partial charge in [0.15, 0.2) is 0 Å². The third kappa shape index (κ3) is 3.53. The lowest BCUT2D eigenvalue weighted by Gasteiger charge is -2.27. The van der Waals surface area contributed by atoms with Gasteiger partial charge in [-0.05, 0) is 37.7 Å². The Morgan fingerprint density at radius 3 is 2.33 bits per heavy atom. The maximum Gasteiger partial charge on any atom is 0.232 e. The average molecular weight is 419 g/mol. The number of aromatic nitrogens is 5. The Morgan fingerprint density at radius 1 is 0.833 bits per heavy atom. The Kier molecular flexibility index (Phi) is 5.10. The largest absolute Gasteiger partial charge is 0.378 e. The molecule has 0 bridgehead atoms. The average Bonchev–Trinajstić information content (AvgIpc) is 3.20. The van der Waals surface area contributed by atoms with Gasteiger partial charge in [0.25, 0.3) is 0 Å². The monoisotopic (exact) mass is 418 g/mol. The first-order valence-electron chi connectivity index (χ1n) is 9.96. The van der Waals surface area contributed by atoms with E-state index in [0.29, 0.717) is 13.2 Å². The molecule has 0 unspecified atom stereocenters. The van der Waals surface area contributed by atoms with E-state index in [0.717, 1.165) is 51.4 Å². The van der Waals surface area contributed by atoms with Crippen molar-refractivity contribution in [2.45, 2.75) is 24.0 Å². The summed E-state index contributed by atoms with van der Waals surface area (Å²) in [6.45, 7) is 7.04. The molecule has 2 aromatic heterocycles. The number of hydrogen-bond acceptors (Lipinski definition) is 7. The molecule has 0 amide bonds. The van der Waals surface area contributed by atoms with Crippen LogP contribution in [-0.4, -0.2) is 51.3 Å². The van der Waals surface area contributed by atoms with Gasteiger partial charge in [-0.25, -0.2) is 0 Å². The normalized spacial score (nSPS) is 14.4. The molecule has 1 aliphatic heterocycles. The molecule has 5 rings (SSSR count). The van der Waals surface area contributed by atoms with Crippen molar-refractivity contribution in [3.05, 3.63) is 59.8 Å². The molecular formula is C22H22N6OS.